The number of anilines is 2. The molecule has 2 aromatic carbocycles. The van der Waals surface area contributed by atoms with Crippen LogP contribution in [0.25, 0.3) is 0 Å². The molecule has 0 bridgehead atoms. The molecule has 0 aliphatic rings. The lowest BCUT2D eigenvalue weighted by Gasteiger charge is -2.14. The van der Waals surface area contributed by atoms with E-state index in [9.17, 15) is 14.4 Å². The van der Waals surface area contributed by atoms with Crippen molar-refractivity contribution in [3.05, 3.63) is 54.1 Å². The van der Waals surface area contributed by atoms with E-state index in [-0.39, 0.29) is 12.3 Å². The van der Waals surface area contributed by atoms with Gasteiger partial charge in [0.1, 0.15) is 5.75 Å². The standard InChI is InChI=1S/C20H22N2O5/c1-13(27-19(24)12-15-5-4-6-18(11-15)26-3)20(25)22-17-9-7-16(8-10-17)21-14(2)23/h4-11,13H,12H2,1-3H3,(H,21,23)(H,22,25). The second-order valence-corrected chi connectivity index (χ2v) is 5.91. The first kappa shape index (κ1) is 20.0. The molecule has 2 amide bonds. The van der Waals surface area contributed by atoms with E-state index >= 15 is 0 Å². The lowest BCUT2D eigenvalue weighted by atomic mass is 10.1. The van der Waals surface area contributed by atoms with Gasteiger partial charge in [-0.2, -0.15) is 0 Å². The van der Waals surface area contributed by atoms with Crippen LogP contribution in [0, 0.1) is 0 Å². The molecule has 7 nitrogen and oxygen atoms in total. The number of rotatable bonds is 7. The minimum atomic E-state index is -0.946. The molecule has 0 aliphatic heterocycles. The molecular formula is C20H22N2O5. The van der Waals surface area contributed by atoms with Crippen molar-refractivity contribution in [1.29, 1.82) is 0 Å². The van der Waals surface area contributed by atoms with Crippen LogP contribution >= 0.6 is 0 Å². The second kappa shape index (κ2) is 9.38. The quantitative estimate of drug-likeness (QED) is 0.731. The van der Waals surface area contributed by atoms with Gasteiger partial charge in [0.15, 0.2) is 6.10 Å². The number of carbonyl (C=O) groups is 3. The number of hydrogen-bond donors (Lipinski definition) is 2. The number of ether oxygens (including phenoxy) is 2. The minimum absolute atomic E-state index is 0.0419. The summed E-state index contributed by atoms with van der Waals surface area (Å²) >= 11 is 0. The zero-order valence-corrected chi connectivity index (χ0v) is 15.4. The minimum Gasteiger partial charge on any atom is -0.497 e. The lowest BCUT2D eigenvalue weighted by molar-refractivity contribution is -0.152. The molecule has 0 fully saturated rings. The van der Waals surface area contributed by atoms with Crippen molar-refractivity contribution in [1.82, 2.24) is 0 Å². The van der Waals surface area contributed by atoms with Crippen LogP contribution in [0.1, 0.15) is 19.4 Å². The summed E-state index contributed by atoms with van der Waals surface area (Å²) in [6, 6.07) is 13.7. The third kappa shape index (κ3) is 6.47. The fraction of sp³-hybridized carbons (Fsp3) is 0.250. The van der Waals surface area contributed by atoms with Gasteiger partial charge >= 0.3 is 5.97 Å². The third-order valence-electron chi connectivity index (χ3n) is 3.63. The molecule has 0 aromatic heterocycles. The highest BCUT2D eigenvalue weighted by molar-refractivity contribution is 5.95. The Labute approximate surface area is 157 Å². The van der Waals surface area contributed by atoms with Gasteiger partial charge in [-0.25, -0.2) is 0 Å². The summed E-state index contributed by atoms with van der Waals surface area (Å²) in [5.74, 6) is -0.481. The second-order valence-electron chi connectivity index (χ2n) is 5.91. The van der Waals surface area contributed by atoms with Gasteiger partial charge in [0, 0.05) is 18.3 Å². The van der Waals surface area contributed by atoms with Crippen LogP contribution in [-0.2, 0) is 25.5 Å². The summed E-state index contributed by atoms with van der Waals surface area (Å²) in [5, 5.41) is 5.30. The molecule has 0 saturated heterocycles. The van der Waals surface area contributed by atoms with Crippen molar-refractivity contribution in [2.45, 2.75) is 26.4 Å². The van der Waals surface area contributed by atoms with E-state index in [1.165, 1.54) is 13.8 Å². The summed E-state index contributed by atoms with van der Waals surface area (Å²) in [6.45, 7) is 2.92. The van der Waals surface area contributed by atoms with Gasteiger partial charge in [-0.1, -0.05) is 12.1 Å². The fourth-order valence-electron chi connectivity index (χ4n) is 2.33. The SMILES string of the molecule is COc1cccc(CC(=O)OC(C)C(=O)Nc2ccc(NC(C)=O)cc2)c1. The Balaban J connectivity index is 1.87. The van der Waals surface area contributed by atoms with Gasteiger partial charge in [-0.3, -0.25) is 14.4 Å². The molecule has 1 unspecified atom stereocenters. The molecule has 0 spiro atoms. The first-order valence-corrected chi connectivity index (χ1v) is 8.38. The number of carbonyl (C=O) groups excluding carboxylic acids is 3. The Morgan fingerprint density at radius 2 is 1.63 bits per heavy atom. The first-order chi connectivity index (χ1) is 12.9. The van der Waals surface area contributed by atoms with Gasteiger partial charge in [-0.05, 0) is 48.9 Å². The average Bonchev–Trinajstić information content (AvgIpc) is 2.62. The summed E-state index contributed by atoms with van der Waals surface area (Å²) < 4.78 is 10.3. The fourth-order valence-corrected chi connectivity index (χ4v) is 2.33. The largest absolute Gasteiger partial charge is 0.497 e. The Kier molecular flexibility index (Phi) is 6.93. The van der Waals surface area contributed by atoms with Crippen molar-refractivity contribution < 1.29 is 23.9 Å². The maximum absolute atomic E-state index is 12.2. The Morgan fingerprint density at radius 1 is 1.00 bits per heavy atom. The van der Waals surface area contributed by atoms with Gasteiger partial charge in [0.2, 0.25) is 5.91 Å². The predicted octanol–water partition coefficient (Wildman–Crippen LogP) is 2.77. The molecule has 1 atom stereocenters. The van der Waals surface area contributed by atoms with Crippen LogP contribution in [0.3, 0.4) is 0 Å². The molecule has 0 saturated carbocycles. The number of amides is 2. The van der Waals surface area contributed by atoms with Crippen molar-refractivity contribution >= 4 is 29.2 Å². The van der Waals surface area contributed by atoms with Crippen LogP contribution in [0.5, 0.6) is 5.75 Å². The Bertz CT molecular complexity index is 817. The van der Waals surface area contributed by atoms with Crippen LogP contribution in [0.2, 0.25) is 0 Å². The van der Waals surface area contributed by atoms with E-state index in [0.717, 1.165) is 5.56 Å². The molecule has 2 aromatic rings. The van der Waals surface area contributed by atoms with Gasteiger partial charge in [-0.15, -0.1) is 0 Å². The van der Waals surface area contributed by atoms with Crippen LogP contribution in [0.15, 0.2) is 48.5 Å². The molecule has 27 heavy (non-hydrogen) atoms. The maximum Gasteiger partial charge on any atom is 0.311 e. The summed E-state index contributed by atoms with van der Waals surface area (Å²) in [4.78, 5) is 35.2. The average molecular weight is 370 g/mol. The summed E-state index contributed by atoms with van der Waals surface area (Å²) in [6.07, 6.45) is -0.904. The predicted molar refractivity (Wildman–Crippen MR) is 102 cm³/mol. The van der Waals surface area contributed by atoms with Crippen LogP contribution < -0.4 is 15.4 Å². The highest BCUT2D eigenvalue weighted by Crippen LogP contribution is 2.15. The molecule has 0 aliphatic carbocycles. The van der Waals surface area contributed by atoms with E-state index in [1.54, 1.807) is 55.6 Å². The smallest absolute Gasteiger partial charge is 0.311 e. The molecule has 2 rings (SSSR count). The van der Waals surface area contributed by atoms with E-state index in [0.29, 0.717) is 17.1 Å². The van der Waals surface area contributed by atoms with Gasteiger partial charge < -0.3 is 20.1 Å². The Hall–Kier alpha value is -3.35. The maximum atomic E-state index is 12.2. The monoisotopic (exact) mass is 370 g/mol. The molecule has 7 heteroatoms. The number of methoxy groups -OCH3 is 1. The number of hydrogen-bond acceptors (Lipinski definition) is 5. The summed E-state index contributed by atoms with van der Waals surface area (Å²) in [5.41, 5.74) is 1.89. The van der Waals surface area contributed by atoms with Crippen molar-refractivity contribution in [3.63, 3.8) is 0 Å². The highest BCUT2D eigenvalue weighted by Gasteiger charge is 2.18. The normalized spacial score (nSPS) is 11.2. The zero-order valence-electron chi connectivity index (χ0n) is 15.4. The van der Waals surface area contributed by atoms with E-state index in [1.807, 2.05) is 0 Å². The molecular weight excluding hydrogens is 348 g/mol. The van der Waals surface area contributed by atoms with Crippen molar-refractivity contribution in [2.24, 2.45) is 0 Å². The molecule has 0 heterocycles. The molecule has 0 radical (unpaired) electrons. The topological polar surface area (TPSA) is 93.7 Å². The van der Waals surface area contributed by atoms with Crippen LogP contribution in [0.4, 0.5) is 11.4 Å². The molecule has 2 N–H and O–H groups in total. The van der Waals surface area contributed by atoms with Crippen molar-refractivity contribution in [3.8, 4) is 5.75 Å². The van der Waals surface area contributed by atoms with E-state index in [4.69, 9.17) is 9.47 Å². The Morgan fingerprint density at radius 3 is 2.22 bits per heavy atom. The number of nitrogens with one attached hydrogen (secondary N) is 2. The molecule has 142 valence electrons. The number of esters is 1. The third-order valence-corrected chi connectivity index (χ3v) is 3.63. The zero-order chi connectivity index (χ0) is 19.8. The van der Waals surface area contributed by atoms with Crippen molar-refractivity contribution in [2.75, 3.05) is 17.7 Å². The summed E-state index contributed by atoms with van der Waals surface area (Å²) in [7, 11) is 1.55. The van der Waals surface area contributed by atoms with Gasteiger partial charge in [0.25, 0.3) is 5.91 Å². The van der Waals surface area contributed by atoms with E-state index < -0.39 is 18.0 Å². The first-order valence-electron chi connectivity index (χ1n) is 8.38. The van der Waals surface area contributed by atoms with Gasteiger partial charge in [0.05, 0.1) is 13.5 Å². The van der Waals surface area contributed by atoms with Crippen LogP contribution in [-0.4, -0.2) is 31.0 Å². The highest BCUT2D eigenvalue weighted by atomic mass is 16.5. The van der Waals surface area contributed by atoms with E-state index in [2.05, 4.69) is 10.6 Å². The number of benzene rings is 2. The lowest BCUT2D eigenvalue weighted by Crippen LogP contribution is -2.30.